The number of nitrogens with one attached hydrogen (secondary N) is 1. The lowest BCUT2D eigenvalue weighted by Gasteiger charge is -2.34. The van der Waals surface area contributed by atoms with Gasteiger partial charge in [-0.3, -0.25) is 0 Å². The van der Waals surface area contributed by atoms with E-state index >= 15 is 0 Å². The summed E-state index contributed by atoms with van der Waals surface area (Å²) in [6, 6.07) is 0. The Balaban J connectivity index is 0. The molecule has 0 amide bonds. The summed E-state index contributed by atoms with van der Waals surface area (Å²) in [4.78, 5) is 1.70. The van der Waals surface area contributed by atoms with Crippen LogP contribution in [0.3, 0.4) is 0 Å². The number of quaternary nitrogens is 2. The highest BCUT2D eigenvalue weighted by Gasteiger charge is 2.48. The third-order valence-electron chi connectivity index (χ3n) is 5.83. The van der Waals surface area contributed by atoms with Crippen molar-refractivity contribution in [3.63, 3.8) is 0 Å². The molecule has 2 rings (SSSR count). The summed E-state index contributed by atoms with van der Waals surface area (Å²) in [6.45, 7) is 7.54. The fourth-order valence-corrected chi connectivity index (χ4v) is 6.50. The predicted octanol–water partition coefficient (Wildman–Crippen LogP) is 2.63. The largest absolute Gasteiger partial charge is 0.480 e. The molecule has 280 valence electrons. The van der Waals surface area contributed by atoms with Crippen LogP contribution >= 0.6 is 0 Å². The Morgan fingerprint density at radius 3 is 0.978 bits per heavy atom. The molecule has 2 heterocycles. The minimum Gasteiger partial charge on any atom is -0.421 e. The van der Waals surface area contributed by atoms with Gasteiger partial charge in [0.25, 0.3) is 0 Å². The van der Waals surface area contributed by atoms with Crippen molar-refractivity contribution in [3.05, 3.63) is 8.25 Å². The molecule has 13 nitrogen and oxygen atoms in total. The number of ether oxygens (including phenoxy) is 1. The van der Waals surface area contributed by atoms with E-state index in [9.17, 15) is 86.4 Å². The fourth-order valence-electron chi connectivity index (χ4n) is 3.08. The smallest absolute Gasteiger partial charge is 0.421 e. The zero-order valence-corrected chi connectivity index (χ0v) is 27.2. The van der Waals surface area contributed by atoms with Gasteiger partial charge in [-0.15, -0.1) is 0 Å². The van der Waals surface area contributed by atoms with Crippen LogP contribution in [0.15, 0.2) is 0 Å². The highest BCUT2D eigenvalue weighted by Crippen LogP contribution is 2.37. The average Bonchev–Trinajstić information content (AvgIpc) is 3.47. The molecule has 0 aromatic heterocycles. The van der Waals surface area contributed by atoms with Crippen molar-refractivity contribution in [2.24, 2.45) is 0 Å². The van der Waals surface area contributed by atoms with Gasteiger partial charge in [-0.2, -0.15) is 52.7 Å². The third kappa shape index (κ3) is 14.9. The summed E-state index contributed by atoms with van der Waals surface area (Å²) in [6.07, 6.45) is 6.01. The Morgan fingerprint density at radius 1 is 0.587 bits per heavy atom. The molecule has 1 N–H and O–H groups in total. The number of sulfonamides is 4. The Morgan fingerprint density at radius 2 is 0.826 bits per heavy atom. The van der Waals surface area contributed by atoms with Crippen molar-refractivity contribution >= 4 is 40.1 Å². The first-order valence-corrected chi connectivity index (χ1v) is 17.7. The average molecular weight is 791 g/mol. The van der Waals surface area contributed by atoms with E-state index in [1.165, 1.54) is 51.9 Å². The van der Waals surface area contributed by atoms with Crippen LogP contribution in [0.25, 0.3) is 8.25 Å². The van der Waals surface area contributed by atoms with Crippen LogP contribution in [0.1, 0.15) is 32.6 Å². The summed E-state index contributed by atoms with van der Waals surface area (Å²) < 4.78 is 225. The topological polar surface area (TPSA) is 178 Å². The predicted molar refractivity (Wildman–Crippen MR) is 134 cm³/mol. The Labute approximate surface area is 257 Å². The van der Waals surface area contributed by atoms with Gasteiger partial charge in [0.1, 0.15) is 0 Å². The first kappa shape index (κ1) is 46.9. The minimum atomic E-state index is -6.72. The molecule has 2 saturated heterocycles. The van der Waals surface area contributed by atoms with Crippen molar-refractivity contribution in [1.82, 2.24) is 0 Å². The van der Waals surface area contributed by atoms with Crippen molar-refractivity contribution < 1.29 is 100 Å². The SMILES string of the molecule is COC(C)[N+]1(C)CCCC1.C[NH+]1CCCC1.O=S(=O)([N-]S(=O)(=O)C(F)(F)F)C(F)(F)F.O=S(=O)([N-]S(=O)(=O)C(F)(F)F)C(F)(F)F. The van der Waals surface area contributed by atoms with Crippen molar-refractivity contribution in [3.8, 4) is 0 Å². The van der Waals surface area contributed by atoms with Crippen molar-refractivity contribution in [1.29, 1.82) is 0 Å². The van der Waals surface area contributed by atoms with Crippen molar-refractivity contribution in [2.75, 3.05) is 47.4 Å². The fraction of sp³-hybridized carbons (Fsp3) is 1.00. The van der Waals surface area contributed by atoms with E-state index in [2.05, 4.69) is 21.0 Å². The number of rotatable bonds is 6. The van der Waals surface area contributed by atoms with Crippen LogP contribution in [-0.4, -0.2) is 114 Å². The minimum absolute atomic E-state index is 0.377. The molecule has 0 bridgehead atoms. The summed E-state index contributed by atoms with van der Waals surface area (Å²) in [5.41, 5.74) is -24.8. The van der Waals surface area contributed by atoms with Gasteiger partial charge in [0.2, 0.25) is 0 Å². The lowest BCUT2D eigenvalue weighted by molar-refractivity contribution is -0.941. The molecule has 0 aromatic rings. The second kappa shape index (κ2) is 16.4. The monoisotopic (exact) mass is 790 g/mol. The maximum Gasteiger partial charge on any atom is 0.480 e. The zero-order valence-electron chi connectivity index (χ0n) is 23.9. The van der Waals surface area contributed by atoms with Gasteiger partial charge < -0.3 is 22.4 Å². The van der Waals surface area contributed by atoms with Crippen LogP contribution in [-0.2, 0) is 44.8 Å². The van der Waals surface area contributed by atoms with Crippen LogP contribution < -0.4 is 4.90 Å². The Bertz CT molecular complexity index is 1210. The van der Waals surface area contributed by atoms with Gasteiger partial charge in [-0.1, -0.05) is 0 Å². The van der Waals surface area contributed by atoms with Gasteiger partial charge in [0.05, 0.1) is 40.3 Å². The van der Waals surface area contributed by atoms with E-state index < -0.39 is 62.1 Å². The molecule has 2 fully saturated rings. The standard InChI is InChI=1S/C8H18NO.C5H11N.2C2F6NO4S2/c1-8(10-3)9(2)6-4-5-7-9;1-6-4-2-3-5-6;2*3-1(4,5)14(10,11)9-15(12,13)2(6,7)8/h8H,4-7H2,1-3H3;2-5H2,1H3;;/q+1;;2*-1/p+1. The second-order valence-corrected chi connectivity index (χ2v) is 16.3. The van der Waals surface area contributed by atoms with E-state index in [-0.39, 0.29) is 0 Å². The molecule has 2 aliphatic heterocycles. The molecule has 0 aromatic carbocycles. The quantitative estimate of drug-likeness (QED) is 0.313. The van der Waals surface area contributed by atoms with E-state index in [1.807, 2.05) is 0 Å². The van der Waals surface area contributed by atoms with E-state index in [0.29, 0.717) is 6.23 Å². The Hall–Kier alpha value is -1.24. The molecular formula is C17H30F12N4O9S4. The molecular weight excluding hydrogens is 760 g/mol. The first-order valence-electron chi connectivity index (χ1n) is 11.9. The molecule has 0 aliphatic carbocycles. The number of likely N-dealkylation sites (tertiary alicyclic amines) is 2. The molecule has 1 unspecified atom stereocenters. The highest BCUT2D eigenvalue weighted by molar-refractivity contribution is 8.13. The number of hydrogen-bond acceptors (Lipinski definition) is 9. The van der Waals surface area contributed by atoms with E-state index in [4.69, 9.17) is 4.74 Å². The van der Waals surface area contributed by atoms with Crippen molar-refractivity contribution in [2.45, 2.75) is 60.9 Å². The second-order valence-electron chi connectivity index (χ2n) is 9.47. The van der Waals surface area contributed by atoms with E-state index in [0.717, 1.165) is 12.7 Å². The molecule has 1 atom stereocenters. The van der Waals surface area contributed by atoms with Crippen LogP contribution in [0.2, 0.25) is 0 Å². The molecule has 46 heavy (non-hydrogen) atoms. The van der Waals surface area contributed by atoms with Gasteiger partial charge in [0, 0.05) is 39.7 Å². The Kier molecular flexibility index (Phi) is 16.8. The van der Waals surface area contributed by atoms with Gasteiger partial charge in [-0.25, -0.2) is 33.7 Å². The zero-order chi connectivity index (χ0) is 37.4. The van der Waals surface area contributed by atoms with E-state index in [1.54, 1.807) is 12.0 Å². The van der Waals surface area contributed by atoms with Crippen LogP contribution in [0.4, 0.5) is 52.7 Å². The van der Waals surface area contributed by atoms with Gasteiger partial charge >= 0.3 is 22.0 Å². The molecule has 0 spiro atoms. The van der Waals surface area contributed by atoms with Crippen LogP contribution in [0.5, 0.6) is 0 Å². The van der Waals surface area contributed by atoms with Gasteiger partial charge in [0.15, 0.2) is 46.3 Å². The third-order valence-corrected chi connectivity index (χ3v) is 11.3. The summed E-state index contributed by atoms with van der Waals surface area (Å²) >= 11 is 0. The number of alkyl halides is 12. The summed E-state index contributed by atoms with van der Waals surface area (Å²) in [5.74, 6) is 0. The number of halogens is 12. The molecule has 0 radical (unpaired) electrons. The molecule has 29 heteroatoms. The number of methoxy groups -OCH3 is 1. The maximum absolute atomic E-state index is 11.4. The maximum atomic E-state index is 11.4. The summed E-state index contributed by atoms with van der Waals surface area (Å²) in [5, 5.41) is 0. The first-order chi connectivity index (χ1) is 20.0. The number of nitrogens with zero attached hydrogens (tertiary/aromatic N) is 3. The van der Waals surface area contributed by atoms with Crippen LogP contribution in [0, 0.1) is 0 Å². The molecule has 0 saturated carbocycles. The normalized spacial score (nSPS) is 19.1. The number of hydrogen-bond donors (Lipinski definition) is 1. The highest BCUT2D eigenvalue weighted by atomic mass is 32.3. The van der Waals surface area contributed by atoms with Gasteiger partial charge in [-0.05, 0) is 0 Å². The molecule has 2 aliphatic rings. The lowest BCUT2D eigenvalue weighted by atomic mass is 10.4. The lowest BCUT2D eigenvalue weighted by Crippen LogP contribution is -3.06. The summed E-state index contributed by atoms with van der Waals surface area (Å²) in [7, 11) is -20.6.